The van der Waals surface area contributed by atoms with Crippen LogP contribution in [0.4, 0.5) is 10.5 Å². The van der Waals surface area contributed by atoms with Crippen LogP contribution >= 0.6 is 0 Å². The van der Waals surface area contributed by atoms with E-state index in [1.165, 1.54) is 10.5 Å². The maximum Gasteiger partial charge on any atom is 0.332 e. The minimum atomic E-state index is -0.694. The van der Waals surface area contributed by atoms with Gasteiger partial charge in [0.05, 0.1) is 11.3 Å². The third kappa shape index (κ3) is 5.39. The molecule has 228 valence electrons. The Bertz CT molecular complexity index is 1680. The first-order chi connectivity index (χ1) is 21.4. The summed E-state index contributed by atoms with van der Waals surface area (Å²) in [7, 11) is 0. The molecular formula is C36H40N4O4. The summed E-state index contributed by atoms with van der Waals surface area (Å²) in [5, 5.41) is 4.00. The van der Waals surface area contributed by atoms with Gasteiger partial charge in [-0.15, -0.1) is 0 Å². The molecule has 3 aromatic carbocycles. The molecule has 6 rings (SSSR count). The predicted molar refractivity (Wildman–Crippen MR) is 172 cm³/mol. The number of carbonyl (C=O) groups excluding carboxylic acids is 3. The number of unbranched alkanes of at least 4 members (excludes halogenated alkanes) is 1. The summed E-state index contributed by atoms with van der Waals surface area (Å²) in [4.78, 5) is 48.4. The number of aromatic amines is 1. The number of imide groups is 1. The molecule has 2 atom stereocenters. The zero-order valence-corrected chi connectivity index (χ0v) is 25.6. The zero-order valence-electron chi connectivity index (χ0n) is 25.6. The van der Waals surface area contributed by atoms with E-state index < -0.39 is 18.1 Å². The quantitative estimate of drug-likeness (QED) is 0.150. The number of hydrogen-bond donors (Lipinski definition) is 2. The number of nitrogens with one attached hydrogen (secondary N) is 2. The molecule has 0 spiro atoms. The minimum Gasteiger partial charge on any atom is -0.381 e. The highest BCUT2D eigenvalue weighted by Gasteiger charge is 2.53. The van der Waals surface area contributed by atoms with Crippen LogP contribution < -0.4 is 10.2 Å². The van der Waals surface area contributed by atoms with Crippen LogP contribution in [-0.2, 0) is 16.0 Å². The van der Waals surface area contributed by atoms with Crippen LogP contribution in [0.2, 0.25) is 0 Å². The van der Waals surface area contributed by atoms with Crippen LogP contribution in [-0.4, -0.2) is 53.5 Å². The van der Waals surface area contributed by atoms with Gasteiger partial charge < -0.3 is 15.0 Å². The third-order valence-corrected chi connectivity index (χ3v) is 8.75. The van der Waals surface area contributed by atoms with E-state index in [0.29, 0.717) is 49.8 Å². The number of rotatable bonds is 11. The number of carbonyl (C=O) groups is 3. The Morgan fingerprint density at radius 2 is 1.70 bits per heavy atom. The zero-order chi connectivity index (χ0) is 30.8. The number of ether oxygens (including phenoxy) is 1. The summed E-state index contributed by atoms with van der Waals surface area (Å²) in [6.45, 7) is 8.13. The fraction of sp³-hybridized carbons (Fsp3) is 0.361. The smallest absolute Gasteiger partial charge is 0.332 e. The molecule has 0 bridgehead atoms. The van der Waals surface area contributed by atoms with Crippen molar-refractivity contribution in [3.63, 3.8) is 0 Å². The van der Waals surface area contributed by atoms with E-state index in [1.54, 1.807) is 29.2 Å². The molecule has 1 fully saturated rings. The van der Waals surface area contributed by atoms with Crippen molar-refractivity contribution >= 4 is 34.4 Å². The van der Waals surface area contributed by atoms with Crippen molar-refractivity contribution in [1.29, 1.82) is 0 Å². The molecule has 8 heteroatoms. The second-order valence-corrected chi connectivity index (χ2v) is 12.0. The molecule has 2 aliphatic heterocycles. The van der Waals surface area contributed by atoms with E-state index in [1.807, 2.05) is 18.2 Å². The molecule has 2 N–H and O–H groups in total. The third-order valence-electron chi connectivity index (χ3n) is 8.75. The van der Waals surface area contributed by atoms with Gasteiger partial charge in [0, 0.05) is 42.8 Å². The van der Waals surface area contributed by atoms with E-state index >= 15 is 0 Å². The van der Waals surface area contributed by atoms with Gasteiger partial charge in [0.25, 0.3) is 11.8 Å². The van der Waals surface area contributed by atoms with Gasteiger partial charge >= 0.3 is 6.03 Å². The van der Waals surface area contributed by atoms with Crippen molar-refractivity contribution in [2.75, 3.05) is 24.7 Å². The van der Waals surface area contributed by atoms with E-state index in [0.717, 1.165) is 40.6 Å². The summed E-state index contributed by atoms with van der Waals surface area (Å²) < 4.78 is 5.60. The van der Waals surface area contributed by atoms with E-state index in [4.69, 9.17) is 4.74 Å². The molecule has 0 radical (unpaired) electrons. The SMILES string of the molecule is CCCCOCCCNC(=O)c1ccccc1N1C(=O)[C@@H]2Cc3c([nH]c4ccccc34)[C@H](c3ccc(C(C)C)cc3)N2C1=O. The normalized spacial score (nSPS) is 17.8. The van der Waals surface area contributed by atoms with E-state index in [9.17, 15) is 14.4 Å². The molecule has 3 heterocycles. The molecule has 0 aliphatic carbocycles. The van der Waals surface area contributed by atoms with Crippen molar-refractivity contribution in [3.8, 4) is 0 Å². The molecular weight excluding hydrogens is 552 g/mol. The number of nitrogens with zero attached hydrogens (tertiary/aromatic N) is 2. The number of para-hydroxylation sites is 2. The largest absolute Gasteiger partial charge is 0.381 e. The van der Waals surface area contributed by atoms with Crippen LogP contribution in [0.25, 0.3) is 10.9 Å². The highest BCUT2D eigenvalue weighted by atomic mass is 16.5. The maximum absolute atomic E-state index is 14.4. The summed E-state index contributed by atoms with van der Waals surface area (Å²) in [6, 6.07) is 21.6. The Hall–Kier alpha value is -4.43. The van der Waals surface area contributed by atoms with Crippen LogP contribution in [0.15, 0.2) is 72.8 Å². The highest BCUT2D eigenvalue weighted by Crippen LogP contribution is 2.45. The first kappa shape index (κ1) is 29.6. The van der Waals surface area contributed by atoms with Crippen molar-refractivity contribution in [3.05, 3.63) is 101 Å². The Morgan fingerprint density at radius 3 is 2.48 bits per heavy atom. The van der Waals surface area contributed by atoms with Crippen molar-refractivity contribution in [1.82, 2.24) is 15.2 Å². The lowest BCUT2D eigenvalue weighted by Crippen LogP contribution is -2.44. The number of benzene rings is 3. The van der Waals surface area contributed by atoms with E-state index in [-0.39, 0.29) is 11.8 Å². The fourth-order valence-electron chi connectivity index (χ4n) is 6.39. The fourth-order valence-corrected chi connectivity index (χ4v) is 6.39. The Labute approximate surface area is 258 Å². The minimum absolute atomic E-state index is 0.294. The van der Waals surface area contributed by atoms with Crippen molar-refractivity contribution < 1.29 is 19.1 Å². The topological polar surface area (TPSA) is 94.7 Å². The average molecular weight is 593 g/mol. The second-order valence-electron chi connectivity index (χ2n) is 12.0. The van der Waals surface area contributed by atoms with Gasteiger partial charge in [-0.1, -0.05) is 81.8 Å². The molecule has 1 saturated heterocycles. The van der Waals surface area contributed by atoms with Crippen molar-refractivity contribution in [2.24, 2.45) is 0 Å². The maximum atomic E-state index is 14.4. The molecule has 2 aliphatic rings. The van der Waals surface area contributed by atoms with Gasteiger partial charge in [0.2, 0.25) is 0 Å². The number of anilines is 1. The number of amides is 4. The van der Waals surface area contributed by atoms with E-state index in [2.05, 4.69) is 61.4 Å². The average Bonchev–Trinajstić information content (AvgIpc) is 3.53. The molecule has 44 heavy (non-hydrogen) atoms. The Balaban J connectivity index is 1.32. The standard InChI is InChI=1S/C36H40N4O4/c1-4-5-20-44-21-10-19-37-34(41)27-12-7-9-14-30(27)40-35(42)31-22-28-26-11-6-8-13-29(26)38-32(28)33(39(31)36(40)43)25-17-15-24(16-18-25)23(2)3/h6-9,11-18,23,31,33,38H,4-5,10,19-22H2,1-3H3,(H,37,41)/t31-,33-/m0/s1. The Morgan fingerprint density at radius 1 is 0.977 bits per heavy atom. The second kappa shape index (κ2) is 12.7. The molecule has 0 unspecified atom stereocenters. The first-order valence-electron chi connectivity index (χ1n) is 15.7. The number of aromatic nitrogens is 1. The van der Waals surface area contributed by atoms with Crippen LogP contribution in [0, 0.1) is 0 Å². The first-order valence-corrected chi connectivity index (χ1v) is 15.7. The monoisotopic (exact) mass is 592 g/mol. The molecule has 0 saturated carbocycles. The molecule has 8 nitrogen and oxygen atoms in total. The van der Waals surface area contributed by atoms with Crippen LogP contribution in [0.3, 0.4) is 0 Å². The summed E-state index contributed by atoms with van der Waals surface area (Å²) in [5.74, 6) is -0.274. The molecule has 4 aromatic rings. The number of hydrogen-bond acceptors (Lipinski definition) is 4. The van der Waals surface area contributed by atoms with Gasteiger partial charge in [-0.05, 0) is 53.6 Å². The van der Waals surface area contributed by atoms with Crippen molar-refractivity contribution in [2.45, 2.75) is 64.5 Å². The lowest BCUT2D eigenvalue weighted by atomic mass is 9.88. The highest BCUT2D eigenvalue weighted by molar-refractivity contribution is 6.24. The van der Waals surface area contributed by atoms with Crippen LogP contribution in [0.1, 0.15) is 84.7 Å². The van der Waals surface area contributed by atoms with Gasteiger partial charge in [-0.3, -0.25) is 14.5 Å². The predicted octanol–water partition coefficient (Wildman–Crippen LogP) is 6.71. The van der Waals surface area contributed by atoms with Gasteiger partial charge in [0.15, 0.2) is 0 Å². The summed E-state index contributed by atoms with van der Waals surface area (Å²) in [5.41, 5.74) is 5.69. The van der Waals surface area contributed by atoms with Gasteiger partial charge in [-0.25, -0.2) is 9.69 Å². The van der Waals surface area contributed by atoms with Crippen LogP contribution in [0.5, 0.6) is 0 Å². The molecule has 1 aromatic heterocycles. The Kier molecular flexibility index (Phi) is 8.53. The summed E-state index contributed by atoms with van der Waals surface area (Å²) >= 11 is 0. The number of H-pyrrole nitrogens is 1. The van der Waals surface area contributed by atoms with Gasteiger partial charge in [0.1, 0.15) is 12.1 Å². The lowest BCUT2D eigenvalue weighted by Gasteiger charge is -2.36. The lowest BCUT2D eigenvalue weighted by molar-refractivity contribution is -0.120. The van der Waals surface area contributed by atoms with Gasteiger partial charge in [-0.2, -0.15) is 0 Å². The molecule has 4 amide bonds. The summed E-state index contributed by atoms with van der Waals surface area (Å²) in [6.07, 6.45) is 3.17. The number of fused-ring (bicyclic) bond motifs is 4. The number of urea groups is 1.